The topological polar surface area (TPSA) is 114 Å². The fourth-order valence-electron chi connectivity index (χ4n) is 1.36. The van der Waals surface area contributed by atoms with Gasteiger partial charge in [-0.3, -0.25) is 0 Å². The van der Waals surface area contributed by atoms with E-state index in [1.54, 1.807) is 11.8 Å². The zero-order valence-corrected chi connectivity index (χ0v) is 11.5. The number of anilines is 2. The summed E-state index contributed by atoms with van der Waals surface area (Å²) in [6, 6.07) is 2.29. The van der Waals surface area contributed by atoms with Gasteiger partial charge in [0.15, 0.2) is 0 Å². The number of hydrogen-bond acceptors (Lipinski definition) is 7. The van der Waals surface area contributed by atoms with E-state index in [2.05, 4.69) is 21.0 Å². The second-order valence-corrected chi connectivity index (χ2v) is 5.73. The Morgan fingerprint density at radius 2 is 1.83 bits per heavy atom. The van der Waals surface area contributed by atoms with Crippen LogP contribution in [-0.2, 0) is 5.75 Å². The van der Waals surface area contributed by atoms with Gasteiger partial charge < -0.3 is 11.5 Å². The number of nitrogens with two attached hydrogens (primary N) is 2. The van der Waals surface area contributed by atoms with Crippen molar-refractivity contribution in [1.29, 1.82) is 5.26 Å². The molecule has 0 unspecified atom stereocenters. The maximum atomic E-state index is 8.88. The number of rotatable bonds is 6. The van der Waals surface area contributed by atoms with Gasteiger partial charge in [-0.1, -0.05) is 0 Å². The highest BCUT2D eigenvalue weighted by molar-refractivity contribution is 7.98. The van der Waals surface area contributed by atoms with E-state index in [1.807, 2.05) is 13.8 Å². The van der Waals surface area contributed by atoms with Gasteiger partial charge in [-0.25, -0.2) is 0 Å². The van der Waals surface area contributed by atoms with E-state index in [-0.39, 0.29) is 17.3 Å². The highest BCUT2D eigenvalue weighted by atomic mass is 32.2. The molecule has 1 heterocycles. The second kappa shape index (κ2) is 6.40. The summed E-state index contributed by atoms with van der Waals surface area (Å²) in [5.41, 5.74) is 10.7. The van der Waals surface area contributed by atoms with Gasteiger partial charge >= 0.3 is 0 Å². The fraction of sp³-hybridized carbons (Fsp3) is 0.636. The largest absolute Gasteiger partial charge is 0.368 e. The first-order valence-electron chi connectivity index (χ1n) is 5.68. The third-order valence-electron chi connectivity index (χ3n) is 2.34. The Bertz CT molecular complexity index is 419. The van der Waals surface area contributed by atoms with Crippen molar-refractivity contribution in [3.63, 3.8) is 0 Å². The fourth-order valence-corrected chi connectivity index (χ4v) is 2.16. The summed E-state index contributed by atoms with van der Waals surface area (Å²) in [5, 5.41) is 8.88. The van der Waals surface area contributed by atoms with Crippen LogP contribution in [0.1, 0.15) is 32.5 Å². The number of aromatic nitrogens is 3. The van der Waals surface area contributed by atoms with E-state index in [9.17, 15) is 0 Å². The predicted molar refractivity (Wildman–Crippen MR) is 73.4 cm³/mol. The monoisotopic (exact) mass is 266 g/mol. The molecule has 0 saturated heterocycles. The average molecular weight is 266 g/mol. The minimum Gasteiger partial charge on any atom is -0.368 e. The SMILES string of the molecule is CC(C)(C#N)CCCSCc1nc(N)nc(N)n1. The first-order chi connectivity index (χ1) is 8.43. The molecule has 0 saturated carbocycles. The van der Waals surface area contributed by atoms with Crippen LogP contribution < -0.4 is 11.5 Å². The molecule has 1 aromatic rings. The third-order valence-corrected chi connectivity index (χ3v) is 3.38. The second-order valence-electron chi connectivity index (χ2n) is 4.62. The van der Waals surface area contributed by atoms with Crippen LogP contribution in [-0.4, -0.2) is 20.7 Å². The molecule has 98 valence electrons. The van der Waals surface area contributed by atoms with Crippen molar-refractivity contribution in [1.82, 2.24) is 15.0 Å². The van der Waals surface area contributed by atoms with Gasteiger partial charge in [0.25, 0.3) is 0 Å². The minimum atomic E-state index is -0.247. The summed E-state index contributed by atoms with van der Waals surface area (Å²) in [6.45, 7) is 3.90. The van der Waals surface area contributed by atoms with Crippen LogP contribution in [0.5, 0.6) is 0 Å². The van der Waals surface area contributed by atoms with Crippen molar-refractivity contribution < 1.29 is 0 Å². The zero-order valence-electron chi connectivity index (χ0n) is 10.7. The molecule has 0 aliphatic carbocycles. The molecule has 0 aliphatic rings. The van der Waals surface area contributed by atoms with Crippen molar-refractivity contribution in [3.8, 4) is 6.07 Å². The van der Waals surface area contributed by atoms with E-state index < -0.39 is 0 Å². The molecule has 1 rings (SSSR count). The van der Waals surface area contributed by atoms with Crippen LogP contribution in [0.25, 0.3) is 0 Å². The number of hydrogen-bond donors (Lipinski definition) is 2. The van der Waals surface area contributed by atoms with E-state index in [1.165, 1.54) is 0 Å². The lowest BCUT2D eigenvalue weighted by Gasteiger charge is -2.13. The molecule has 18 heavy (non-hydrogen) atoms. The first-order valence-corrected chi connectivity index (χ1v) is 6.83. The van der Waals surface area contributed by atoms with Crippen LogP contribution in [0.2, 0.25) is 0 Å². The number of thioether (sulfide) groups is 1. The lowest BCUT2D eigenvalue weighted by molar-refractivity contribution is 0.448. The molecule has 0 amide bonds. The Kier molecular flexibility index (Phi) is 5.16. The summed E-state index contributed by atoms with van der Waals surface area (Å²) < 4.78 is 0. The third kappa shape index (κ3) is 5.19. The molecule has 0 aromatic carbocycles. The van der Waals surface area contributed by atoms with Crippen molar-refractivity contribution in [2.24, 2.45) is 5.41 Å². The molecule has 4 N–H and O–H groups in total. The van der Waals surface area contributed by atoms with E-state index in [0.717, 1.165) is 18.6 Å². The van der Waals surface area contributed by atoms with E-state index >= 15 is 0 Å². The van der Waals surface area contributed by atoms with E-state index in [0.29, 0.717) is 11.6 Å². The van der Waals surface area contributed by atoms with Gasteiger partial charge in [0.05, 0.1) is 17.2 Å². The summed E-state index contributed by atoms with van der Waals surface area (Å²) in [5.74, 6) is 2.53. The van der Waals surface area contributed by atoms with Crippen LogP contribution in [0.4, 0.5) is 11.9 Å². The Morgan fingerprint density at radius 3 is 2.39 bits per heavy atom. The smallest absolute Gasteiger partial charge is 0.225 e. The molecule has 7 heteroatoms. The van der Waals surface area contributed by atoms with Crippen molar-refractivity contribution in [2.45, 2.75) is 32.4 Å². The number of nitriles is 1. The van der Waals surface area contributed by atoms with Gasteiger partial charge in [-0.05, 0) is 32.4 Å². The van der Waals surface area contributed by atoms with Crippen LogP contribution in [0.15, 0.2) is 0 Å². The summed E-state index contributed by atoms with van der Waals surface area (Å²) in [6.07, 6.45) is 1.87. The first kappa shape index (κ1) is 14.5. The van der Waals surface area contributed by atoms with Gasteiger partial charge in [-0.2, -0.15) is 32.0 Å². The zero-order chi connectivity index (χ0) is 13.6. The van der Waals surface area contributed by atoms with Gasteiger partial charge in [0, 0.05) is 0 Å². The minimum absolute atomic E-state index is 0.156. The molecule has 0 fully saturated rings. The molecular weight excluding hydrogens is 248 g/mol. The van der Waals surface area contributed by atoms with Crippen molar-refractivity contribution >= 4 is 23.7 Å². The normalized spacial score (nSPS) is 11.2. The summed E-state index contributed by atoms with van der Waals surface area (Å²) in [7, 11) is 0. The summed E-state index contributed by atoms with van der Waals surface area (Å²) in [4.78, 5) is 11.7. The molecule has 0 aliphatic heterocycles. The maximum absolute atomic E-state index is 8.88. The number of nitrogens with zero attached hydrogens (tertiary/aromatic N) is 4. The van der Waals surface area contributed by atoms with Gasteiger partial charge in [0.2, 0.25) is 11.9 Å². The average Bonchev–Trinajstić information content (AvgIpc) is 2.27. The molecule has 0 spiro atoms. The van der Waals surface area contributed by atoms with Crippen LogP contribution >= 0.6 is 11.8 Å². The van der Waals surface area contributed by atoms with Gasteiger partial charge in [-0.15, -0.1) is 0 Å². The molecule has 0 atom stereocenters. The Labute approximate surface area is 111 Å². The highest BCUT2D eigenvalue weighted by Gasteiger charge is 2.15. The molecule has 0 bridgehead atoms. The van der Waals surface area contributed by atoms with Crippen molar-refractivity contribution in [3.05, 3.63) is 5.82 Å². The molecular formula is C11H18N6S. The molecule has 1 aromatic heterocycles. The Balaban J connectivity index is 2.28. The molecule has 6 nitrogen and oxygen atoms in total. The maximum Gasteiger partial charge on any atom is 0.225 e. The van der Waals surface area contributed by atoms with Crippen molar-refractivity contribution in [2.75, 3.05) is 17.2 Å². The number of nitrogen functional groups attached to an aromatic ring is 2. The van der Waals surface area contributed by atoms with Gasteiger partial charge in [0.1, 0.15) is 5.82 Å². The van der Waals surface area contributed by atoms with Crippen LogP contribution in [0, 0.1) is 16.7 Å². The Morgan fingerprint density at radius 1 is 1.22 bits per heavy atom. The quantitative estimate of drug-likeness (QED) is 0.751. The highest BCUT2D eigenvalue weighted by Crippen LogP contribution is 2.22. The van der Waals surface area contributed by atoms with E-state index in [4.69, 9.17) is 16.7 Å². The standard InChI is InChI=1S/C11H18N6S/c1-11(2,7-12)4-3-5-18-6-8-15-9(13)17-10(14)16-8/h3-6H2,1-2H3,(H4,13,14,15,16,17). The lowest BCUT2D eigenvalue weighted by Crippen LogP contribution is -2.08. The predicted octanol–water partition coefficient (Wildman–Crippen LogP) is 1.60. The summed E-state index contributed by atoms with van der Waals surface area (Å²) >= 11 is 1.70. The Hall–Kier alpha value is -1.55. The lowest BCUT2D eigenvalue weighted by atomic mass is 9.90. The van der Waals surface area contributed by atoms with Crippen LogP contribution in [0.3, 0.4) is 0 Å². The molecule has 0 radical (unpaired) electrons.